The molecule has 7 heteroatoms. The van der Waals surface area contributed by atoms with Gasteiger partial charge in [-0.05, 0) is 24.7 Å². The summed E-state index contributed by atoms with van der Waals surface area (Å²) in [4.78, 5) is 3.71. The summed E-state index contributed by atoms with van der Waals surface area (Å²) in [5.41, 5.74) is 0.932. The quantitative estimate of drug-likeness (QED) is 0.872. The lowest BCUT2D eigenvalue weighted by molar-refractivity contribution is -0.137. The molecule has 2 nitrogen and oxygen atoms in total. The molecule has 1 heterocycles. The molecule has 2 aromatic rings. The molecule has 1 aromatic heterocycles. The van der Waals surface area contributed by atoms with Crippen LogP contribution >= 0.6 is 11.3 Å². The lowest BCUT2D eigenvalue weighted by Crippen LogP contribution is -2.06. The molecule has 1 N–H and O–H groups in total. The zero-order chi connectivity index (χ0) is 14.0. The molecule has 0 saturated heterocycles. The molecule has 0 aliphatic rings. The Morgan fingerprint density at radius 2 is 2.05 bits per heavy atom. The Labute approximate surface area is 111 Å². The van der Waals surface area contributed by atoms with E-state index in [1.807, 2.05) is 0 Å². The molecule has 0 unspecified atom stereocenters. The van der Waals surface area contributed by atoms with Crippen LogP contribution in [0, 0.1) is 5.82 Å². The number of benzene rings is 1. The van der Waals surface area contributed by atoms with Gasteiger partial charge in [-0.15, -0.1) is 11.3 Å². The van der Waals surface area contributed by atoms with Crippen LogP contribution in [0.4, 0.5) is 17.6 Å². The number of aromatic nitrogens is 1. The number of nitrogens with zero attached hydrogens (tertiary/aromatic N) is 1. The maximum atomic E-state index is 13.4. The van der Waals surface area contributed by atoms with Gasteiger partial charge in [-0.1, -0.05) is 6.07 Å². The van der Waals surface area contributed by atoms with Crippen LogP contribution in [0.2, 0.25) is 0 Å². The highest BCUT2D eigenvalue weighted by molar-refractivity contribution is 7.15. The smallest absolute Gasteiger partial charge is 0.316 e. The Bertz CT molecular complexity index is 577. The second kappa shape index (κ2) is 5.26. The average Bonchev–Trinajstić information content (AvgIpc) is 2.81. The zero-order valence-corrected chi connectivity index (χ0v) is 10.7. The van der Waals surface area contributed by atoms with Crippen LogP contribution in [0.1, 0.15) is 10.6 Å². The molecule has 0 spiro atoms. The highest BCUT2D eigenvalue weighted by Gasteiger charge is 2.34. The van der Waals surface area contributed by atoms with Crippen molar-refractivity contribution >= 4 is 11.3 Å². The van der Waals surface area contributed by atoms with E-state index in [-0.39, 0.29) is 0 Å². The van der Waals surface area contributed by atoms with Crippen LogP contribution in [-0.4, -0.2) is 12.0 Å². The van der Waals surface area contributed by atoms with E-state index in [1.54, 1.807) is 7.05 Å². The van der Waals surface area contributed by atoms with Gasteiger partial charge in [0.1, 0.15) is 5.82 Å². The first kappa shape index (κ1) is 14.0. The molecule has 0 fully saturated rings. The third kappa shape index (κ3) is 3.10. The van der Waals surface area contributed by atoms with Crippen LogP contribution in [0.5, 0.6) is 0 Å². The molecule has 19 heavy (non-hydrogen) atoms. The minimum absolute atomic E-state index is 0.310. The first-order valence-corrected chi connectivity index (χ1v) is 6.20. The van der Waals surface area contributed by atoms with Crippen LogP contribution in [0.15, 0.2) is 24.4 Å². The summed E-state index contributed by atoms with van der Waals surface area (Å²) in [6, 6.07) is 4.22. The highest BCUT2D eigenvalue weighted by Crippen LogP contribution is 2.36. The second-order valence-corrected chi connectivity index (χ2v) is 4.89. The van der Waals surface area contributed by atoms with Gasteiger partial charge >= 0.3 is 6.18 Å². The largest absolute Gasteiger partial charge is 0.443 e. The van der Waals surface area contributed by atoms with Crippen LogP contribution < -0.4 is 5.32 Å². The summed E-state index contributed by atoms with van der Waals surface area (Å²) in [7, 11) is 1.67. The number of halogens is 4. The summed E-state index contributed by atoms with van der Waals surface area (Å²) in [6.45, 7) is 0.310. The predicted molar refractivity (Wildman–Crippen MR) is 65.3 cm³/mol. The molecule has 0 saturated carbocycles. The van der Waals surface area contributed by atoms with Crippen molar-refractivity contribution in [3.8, 4) is 10.4 Å². The fraction of sp³-hybridized carbons (Fsp3) is 0.250. The number of rotatable bonds is 3. The van der Waals surface area contributed by atoms with Crippen LogP contribution in [0.25, 0.3) is 10.4 Å². The van der Waals surface area contributed by atoms with E-state index in [9.17, 15) is 17.6 Å². The van der Waals surface area contributed by atoms with Crippen molar-refractivity contribution in [1.82, 2.24) is 10.3 Å². The summed E-state index contributed by atoms with van der Waals surface area (Å²) in [5.74, 6) is -0.390. The highest BCUT2D eigenvalue weighted by atomic mass is 32.1. The van der Waals surface area contributed by atoms with Gasteiger partial charge in [0.15, 0.2) is 5.01 Å². The molecule has 2 rings (SSSR count). The molecule has 1 aromatic carbocycles. The molecular formula is C12H10F4N2S. The van der Waals surface area contributed by atoms with Gasteiger partial charge in [-0.2, -0.15) is 13.2 Å². The standard InChI is InChI=1S/C12H10F4N2S/c1-17-5-8-4-7(2-3-9(8)13)10-6-18-11(19-10)12(14,15)16/h2-4,6,17H,5H2,1H3. The summed E-state index contributed by atoms with van der Waals surface area (Å²) >= 11 is 0.547. The van der Waals surface area contributed by atoms with Crippen LogP contribution in [0.3, 0.4) is 0 Å². The molecule has 0 bridgehead atoms. The van der Waals surface area contributed by atoms with E-state index in [4.69, 9.17) is 0 Å². The van der Waals surface area contributed by atoms with Crippen molar-refractivity contribution in [2.24, 2.45) is 0 Å². The zero-order valence-electron chi connectivity index (χ0n) is 9.88. The molecule has 0 aliphatic carbocycles. The predicted octanol–water partition coefficient (Wildman–Crippen LogP) is 3.69. The fourth-order valence-corrected chi connectivity index (χ4v) is 2.37. The fourth-order valence-electron chi connectivity index (χ4n) is 1.59. The Morgan fingerprint density at radius 1 is 1.32 bits per heavy atom. The second-order valence-electron chi connectivity index (χ2n) is 3.86. The SMILES string of the molecule is CNCc1cc(-c2cnc(C(F)(F)F)s2)ccc1F. The van der Waals surface area contributed by atoms with Gasteiger partial charge in [0.05, 0.1) is 4.88 Å². The third-order valence-corrected chi connectivity index (χ3v) is 3.54. The van der Waals surface area contributed by atoms with E-state index >= 15 is 0 Å². The Morgan fingerprint density at radius 3 is 2.63 bits per heavy atom. The molecular weight excluding hydrogens is 280 g/mol. The average molecular weight is 290 g/mol. The number of hydrogen-bond donors (Lipinski definition) is 1. The topological polar surface area (TPSA) is 24.9 Å². The van der Waals surface area contributed by atoms with Gasteiger partial charge in [0.25, 0.3) is 0 Å². The van der Waals surface area contributed by atoms with Crippen molar-refractivity contribution in [2.45, 2.75) is 12.7 Å². The Balaban J connectivity index is 2.36. The normalized spacial score (nSPS) is 11.8. The van der Waals surface area contributed by atoms with Crippen molar-refractivity contribution in [3.05, 3.63) is 40.8 Å². The van der Waals surface area contributed by atoms with Crippen molar-refractivity contribution < 1.29 is 17.6 Å². The Hall–Kier alpha value is -1.47. The lowest BCUT2D eigenvalue weighted by atomic mass is 10.1. The summed E-state index contributed by atoms with van der Waals surface area (Å²) in [6.07, 6.45) is -3.29. The summed E-state index contributed by atoms with van der Waals surface area (Å²) < 4.78 is 50.8. The molecule has 0 amide bonds. The monoisotopic (exact) mass is 290 g/mol. The van der Waals surface area contributed by atoms with Crippen molar-refractivity contribution in [1.29, 1.82) is 0 Å². The molecule has 0 aliphatic heterocycles. The van der Waals surface area contributed by atoms with E-state index < -0.39 is 17.0 Å². The van der Waals surface area contributed by atoms with E-state index in [0.717, 1.165) is 6.20 Å². The molecule has 0 radical (unpaired) electrons. The van der Waals surface area contributed by atoms with E-state index in [1.165, 1.54) is 18.2 Å². The van der Waals surface area contributed by atoms with Gasteiger partial charge in [0.2, 0.25) is 0 Å². The minimum atomic E-state index is -4.45. The van der Waals surface area contributed by atoms with E-state index in [2.05, 4.69) is 10.3 Å². The maximum Gasteiger partial charge on any atom is 0.443 e. The van der Waals surface area contributed by atoms with Gasteiger partial charge in [0, 0.05) is 18.3 Å². The molecule has 102 valence electrons. The third-order valence-electron chi connectivity index (χ3n) is 2.45. The number of nitrogens with one attached hydrogen (secondary N) is 1. The number of alkyl halides is 3. The number of thiazole rings is 1. The Kier molecular flexibility index (Phi) is 3.86. The first-order chi connectivity index (χ1) is 8.91. The minimum Gasteiger partial charge on any atom is -0.316 e. The van der Waals surface area contributed by atoms with Gasteiger partial charge in [-0.3, -0.25) is 0 Å². The summed E-state index contributed by atoms with van der Waals surface area (Å²) in [5, 5.41) is 1.90. The first-order valence-electron chi connectivity index (χ1n) is 5.38. The van der Waals surface area contributed by atoms with Crippen molar-refractivity contribution in [3.63, 3.8) is 0 Å². The van der Waals surface area contributed by atoms with Crippen molar-refractivity contribution in [2.75, 3.05) is 7.05 Å². The number of hydrogen-bond acceptors (Lipinski definition) is 3. The van der Waals surface area contributed by atoms with Crippen LogP contribution in [-0.2, 0) is 12.7 Å². The lowest BCUT2D eigenvalue weighted by Gasteiger charge is -2.04. The van der Waals surface area contributed by atoms with Gasteiger partial charge in [-0.25, -0.2) is 9.37 Å². The molecule has 0 atom stereocenters. The van der Waals surface area contributed by atoms with Gasteiger partial charge < -0.3 is 5.32 Å². The van der Waals surface area contributed by atoms with E-state index in [0.29, 0.717) is 33.9 Å². The maximum absolute atomic E-state index is 13.4.